The number of aliphatic hydroxyl groups excluding tert-OH is 1. The summed E-state index contributed by atoms with van der Waals surface area (Å²) in [5.41, 5.74) is 2.44. The first kappa shape index (κ1) is 17.5. The van der Waals surface area contributed by atoms with E-state index in [4.69, 9.17) is 9.47 Å². The van der Waals surface area contributed by atoms with Crippen molar-refractivity contribution >= 4 is 12.4 Å². The van der Waals surface area contributed by atoms with E-state index in [-0.39, 0.29) is 31.0 Å². The molecule has 0 radical (unpaired) electrons. The molecule has 1 fully saturated rings. The van der Waals surface area contributed by atoms with E-state index in [0.29, 0.717) is 6.04 Å². The van der Waals surface area contributed by atoms with Gasteiger partial charge in [0.05, 0.1) is 12.6 Å². The van der Waals surface area contributed by atoms with Crippen LogP contribution in [0.4, 0.5) is 0 Å². The number of aliphatic hydroxyl groups is 1. The number of halogens is 1. The van der Waals surface area contributed by atoms with E-state index in [1.54, 1.807) is 0 Å². The highest BCUT2D eigenvalue weighted by Crippen LogP contribution is 2.31. The first-order valence-corrected chi connectivity index (χ1v) is 7.91. The highest BCUT2D eigenvalue weighted by molar-refractivity contribution is 5.85. The fourth-order valence-corrected chi connectivity index (χ4v) is 3.36. The lowest BCUT2D eigenvalue weighted by atomic mass is 9.89. The van der Waals surface area contributed by atoms with Gasteiger partial charge in [-0.05, 0) is 57.2 Å². The van der Waals surface area contributed by atoms with Crippen LogP contribution >= 0.6 is 12.4 Å². The molecular weight excluding hydrogens is 302 g/mol. The van der Waals surface area contributed by atoms with E-state index in [1.807, 2.05) is 12.1 Å². The molecule has 1 aromatic carbocycles. The second kappa shape index (κ2) is 7.18. The number of nitrogens with zero attached hydrogens (tertiary/aromatic N) is 1. The number of hydrogen-bond donors (Lipinski definition) is 1. The van der Waals surface area contributed by atoms with Gasteiger partial charge in [-0.25, -0.2) is 0 Å². The minimum absolute atomic E-state index is 0. The summed E-state index contributed by atoms with van der Waals surface area (Å²) >= 11 is 0. The lowest BCUT2D eigenvalue weighted by molar-refractivity contribution is -0.0760. The van der Waals surface area contributed by atoms with Crippen LogP contribution in [0.15, 0.2) is 18.2 Å². The average molecular weight is 328 g/mol. The highest BCUT2D eigenvalue weighted by Gasteiger charge is 2.33. The van der Waals surface area contributed by atoms with Crippen LogP contribution in [0.2, 0.25) is 0 Å². The molecule has 0 spiro atoms. The Bertz CT molecular complexity index is 509. The molecule has 22 heavy (non-hydrogen) atoms. The van der Waals surface area contributed by atoms with Gasteiger partial charge in [0.15, 0.2) is 0 Å². The Morgan fingerprint density at radius 2 is 2.14 bits per heavy atom. The molecule has 5 heteroatoms. The van der Waals surface area contributed by atoms with E-state index in [0.717, 1.165) is 31.6 Å². The molecule has 3 rings (SSSR count). The molecule has 124 valence electrons. The maximum Gasteiger partial charge on any atom is 0.214 e. The second-order valence-electron chi connectivity index (χ2n) is 6.36. The maximum atomic E-state index is 9.79. The van der Waals surface area contributed by atoms with Gasteiger partial charge in [-0.3, -0.25) is 4.90 Å². The third kappa shape index (κ3) is 3.57. The largest absolute Gasteiger partial charge is 0.463 e. The first-order chi connectivity index (χ1) is 10.0. The lowest BCUT2D eigenvalue weighted by Gasteiger charge is -2.24. The van der Waals surface area contributed by atoms with E-state index in [9.17, 15) is 5.11 Å². The van der Waals surface area contributed by atoms with Crippen molar-refractivity contribution in [2.75, 3.05) is 6.54 Å². The summed E-state index contributed by atoms with van der Waals surface area (Å²) in [5.74, 6) is 0.919. The third-order valence-corrected chi connectivity index (χ3v) is 4.51. The standard InChI is InChI=1S/C17H25NO3.ClH/c1-11(2)18-10-17(20-12(18)3)21-16-6-4-5-13-9-14(19)7-8-15(13)16;/h4-6,11-12,14,17,19H,7-10H2,1-3H3;1H. The molecule has 0 amide bonds. The summed E-state index contributed by atoms with van der Waals surface area (Å²) < 4.78 is 12.0. The van der Waals surface area contributed by atoms with Crippen LogP contribution in [0.25, 0.3) is 0 Å². The van der Waals surface area contributed by atoms with Crippen molar-refractivity contribution in [3.63, 3.8) is 0 Å². The molecule has 3 unspecified atom stereocenters. The van der Waals surface area contributed by atoms with E-state index >= 15 is 0 Å². The molecule has 1 aliphatic heterocycles. The van der Waals surface area contributed by atoms with Crippen LogP contribution in [-0.4, -0.2) is 41.2 Å². The van der Waals surface area contributed by atoms with Crippen LogP contribution in [0, 0.1) is 0 Å². The zero-order valence-corrected chi connectivity index (χ0v) is 14.3. The van der Waals surface area contributed by atoms with Crippen LogP contribution < -0.4 is 4.74 Å². The normalized spacial score (nSPS) is 28.3. The van der Waals surface area contributed by atoms with Crippen molar-refractivity contribution in [3.05, 3.63) is 29.3 Å². The summed E-state index contributed by atoms with van der Waals surface area (Å²) in [6, 6.07) is 6.56. The minimum atomic E-state index is -0.216. The fourth-order valence-electron chi connectivity index (χ4n) is 3.36. The van der Waals surface area contributed by atoms with Crippen molar-refractivity contribution in [3.8, 4) is 5.75 Å². The topological polar surface area (TPSA) is 41.9 Å². The zero-order valence-electron chi connectivity index (χ0n) is 13.5. The summed E-state index contributed by atoms with van der Waals surface area (Å²) in [4.78, 5) is 2.30. The molecule has 3 atom stereocenters. The fraction of sp³-hybridized carbons (Fsp3) is 0.647. The van der Waals surface area contributed by atoms with Crippen molar-refractivity contribution in [1.82, 2.24) is 4.90 Å². The van der Waals surface area contributed by atoms with Gasteiger partial charge < -0.3 is 14.6 Å². The summed E-state index contributed by atoms with van der Waals surface area (Å²) in [7, 11) is 0. The van der Waals surface area contributed by atoms with Crippen LogP contribution in [0.1, 0.15) is 38.3 Å². The first-order valence-electron chi connectivity index (χ1n) is 7.91. The third-order valence-electron chi connectivity index (χ3n) is 4.51. The number of benzene rings is 1. The number of ether oxygens (including phenoxy) is 2. The Morgan fingerprint density at radius 3 is 2.82 bits per heavy atom. The predicted octanol–water partition coefficient (Wildman–Crippen LogP) is 2.75. The van der Waals surface area contributed by atoms with Crippen molar-refractivity contribution in [2.24, 2.45) is 0 Å². The Labute approximate surface area is 138 Å². The molecule has 2 aliphatic rings. The van der Waals surface area contributed by atoms with Crippen LogP contribution in [0.5, 0.6) is 5.75 Å². The molecular formula is C17H26ClNO3. The molecule has 4 nitrogen and oxygen atoms in total. The second-order valence-corrected chi connectivity index (χ2v) is 6.36. The number of fused-ring (bicyclic) bond motifs is 1. The summed E-state index contributed by atoms with van der Waals surface area (Å²) in [6.07, 6.45) is 2.09. The molecule has 1 heterocycles. The van der Waals surface area contributed by atoms with Gasteiger partial charge >= 0.3 is 0 Å². The Kier molecular flexibility index (Phi) is 5.72. The maximum absolute atomic E-state index is 9.79. The molecule has 1 saturated heterocycles. The zero-order chi connectivity index (χ0) is 15.0. The Hall–Kier alpha value is -0.810. The number of hydrogen-bond acceptors (Lipinski definition) is 4. The smallest absolute Gasteiger partial charge is 0.214 e. The van der Waals surface area contributed by atoms with Crippen molar-refractivity contribution in [2.45, 2.75) is 64.7 Å². The Balaban J connectivity index is 0.00000176. The minimum Gasteiger partial charge on any atom is -0.463 e. The quantitative estimate of drug-likeness (QED) is 0.927. The average Bonchev–Trinajstić information content (AvgIpc) is 2.79. The number of rotatable bonds is 3. The molecule has 0 aromatic heterocycles. The summed E-state index contributed by atoms with van der Waals surface area (Å²) in [5, 5.41) is 9.79. The molecule has 1 aromatic rings. The van der Waals surface area contributed by atoms with Gasteiger partial charge in [-0.2, -0.15) is 0 Å². The lowest BCUT2D eigenvalue weighted by Crippen LogP contribution is -2.34. The van der Waals surface area contributed by atoms with Gasteiger partial charge in [0.25, 0.3) is 0 Å². The van der Waals surface area contributed by atoms with Gasteiger partial charge in [-0.1, -0.05) is 12.1 Å². The highest BCUT2D eigenvalue weighted by atomic mass is 35.5. The monoisotopic (exact) mass is 327 g/mol. The van der Waals surface area contributed by atoms with Crippen molar-refractivity contribution in [1.29, 1.82) is 0 Å². The van der Waals surface area contributed by atoms with Gasteiger partial charge in [-0.15, -0.1) is 12.4 Å². The Morgan fingerprint density at radius 1 is 1.36 bits per heavy atom. The van der Waals surface area contributed by atoms with E-state index in [1.165, 1.54) is 11.1 Å². The molecule has 0 bridgehead atoms. The van der Waals surface area contributed by atoms with E-state index in [2.05, 4.69) is 31.7 Å². The van der Waals surface area contributed by atoms with Gasteiger partial charge in [0, 0.05) is 6.04 Å². The van der Waals surface area contributed by atoms with Gasteiger partial charge in [0.2, 0.25) is 6.29 Å². The predicted molar refractivity (Wildman–Crippen MR) is 88.5 cm³/mol. The van der Waals surface area contributed by atoms with Crippen LogP contribution in [0.3, 0.4) is 0 Å². The molecule has 1 aliphatic carbocycles. The van der Waals surface area contributed by atoms with Gasteiger partial charge in [0.1, 0.15) is 12.0 Å². The van der Waals surface area contributed by atoms with Crippen LogP contribution in [-0.2, 0) is 17.6 Å². The van der Waals surface area contributed by atoms with E-state index < -0.39 is 0 Å². The van der Waals surface area contributed by atoms with Crippen molar-refractivity contribution < 1.29 is 14.6 Å². The molecule has 1 N–H and O–H groups in total. The SMILES string of the molecule is CC(C)N1CC(Oc2cccc3c2CCC(O)C3)OC1C.Cl. The summed E-state index contributed by atoms with van der Waals surface area (Å²) in [6.45, 7) is 7.22. The molecule has 0 saturated carbocycles.